The van der Waals surface area contributed by atoms with Crippen molar-refractivity contribution < 1.29 is 9.53 Å². The second kappa shape index (κ2) is 8.21. The van der Waals surface area contributed by atoms with Gasteiger partial charge in [0.05, 0.1) is 5.69 Å². The van der Waals surface area contributed by atoms with Crippen LogP contribution in [-0.4, -0.2) is 26.8 Å². The third-order valence-corrected chi connectivity index (χ3v) is 5.52. The Balaban J connectivity index is 1.91. The first kappa shape index (κ1) is 19.4. The van der Waals surface area contributed by atoms with Gasteiger partial charge in [0.25, 0.3) is 0 Å². The lowest BCUT2D eigenvalue weighted by Gasteiger charge is -2.30. The number of thioether (sulfide) groups is 1. The van der Waals surface area contributed by atoms with E-state index in [-0.39, 0.29) is 5.91 Å². The maximum Gasteiger partial charge on any atom is 0.247 e. The summed E-state index contributed by atoms with van der Waals surface area (Å²) in [6.07, 6.45) is 0.305. The lowest BCUT2D eigenvalue weighted by atomic mass is 10.1. The quantitative estimate of drug-likeness (QED) is 0.587. The molecule has 1 atom stereocenters. The van der Waals surface area contributed by atoms with Gasteiger partial charge in [0.15, 0.2) is 5.69 Å². The monoisotopic (exact) mass is 406 g/mol. The fraction of sp³-hybridized carbons (Fsp3) is 0.273. The zero-order valence-corrected chi connectivity index (χ0v) is 17.4. The van der Waals surface area contributed by atoms with Gasteiger partial charge in [-0.05, 0) is 23.8 Å². The molecule has 0 spiro atoms. The van der Waals surface area contributed by atoms with Crippen LogP contribution in [0.1, 0.15) is 38.1 Å². The highest BCUT2D eigenvalue weighted by Crippen LogP contribution is 2.43. The number of hydrogen-bond donors (Lipinski definition) is 0. The molecule has 0 N–H and O–H groups in total. The van der Waals surface area contributed by atoms with Gasteiger partial charge in [0.1, 0.15) is 0 Å². The molecule has 0 bridgehead atoms. The van der Waals surface area contributed by atoms with Gasteiger partial charge in [-0.25, -0.2) is 0 Å². The third kappa shape index (κ3) is 3.70. The molecule has 1 aliphatic heterocycles. The van der Waals surface area contributed by atoms with Crippen LogP contribution in [0.25, 0.3) is 11.3 Å². The molecule has 1 unspecified atom stereocenters. The van der Waals surface area contributed by atoms with Crippen molar-refractivity contribution >= 4 is 23.4 Å². The van der Waals surface area contributed by atoms with E-state index in [1.807, 2.05) is 43.3 Å². The Morgan fingerprint density at radius 2 is 1.86 bits per heavy atom. The Hall–Kier alpha value is -2.93. The van der Waals surface area contributed by atoms with Gasteiger partial charge < -0.3 is 4.74 Å². The summed E-state index contributed by atoms with van der Waals surface area (Å²) in [5, 5.41) is 9.18. The molecule has 0 saturated heterocycles. The smallest absolute Gasteiger partial charge is 0.247 e. The molecule has 1 aromatic heterocycles. The summed E-state index contributed by atoms with van der Waals surface area (Å²) < 4.78 is 6.34. The number of aromatic nitrogens is 3. The van der Waals surface area contributed by atoms with E-state index in [4.69, 9.17) is 4.74 Å². The number of rotatable bonds is 4. The number of hydrogen-bond acceptors (Lipinski definition) is 6. The van der Waals surface area contributed by atoms with Crippen molar-refractivity contribution in [2.75, 3.05) is 10.7 Å². The van der Waals surface area contributed by atoms with Crippen LogP contribution in [0.5, 0.6) is 5.88 Å². The van der Waals surface area contributed by atoms with Gasteiger partial charge in [0.2, 0.25) is 23.2 Å². The number of ether oxygens (including phenoxy) is 1. The van der Waals surface area contributed by atoms with Gasteiger partial charge in [-0.2, -0.15) is 4.98 Å². The molecule has 0 saturated carbocycles. The Morgan fingerprint density at radius 3 is 2.55 bits per heavy atom. The summed E-state index contributed by atoms with van der Waals surface area (Å²) in [4.78, 5) is 19.0. The molecule has 7 heteroatoms. The number of amides is 1. The van der Waals surface area contributed by atoms with E-state index in [1.165, 1.54) is 17.3 Å². The maximum absolute atomic E-state index is 12.7. The van der Waals surface area contributed by atoms with Crippen molar-refractivity contribution in [3.05, 3.63) is 59.7 Å². The Morgan fingerprint density at radius 1 is 1.10 bits per heavy atom. The van der Waals surface area contributed by atoms with Crippen molar-refractivity contribution in [2.24, 2.45) is 0 Å². The van der Waals surface area contributed by atoms with E-state index in [2.05, 4.69) is 34.2 Å². The van der Waals surface area contributed by atoms with Crippen molar-refractivity contribution in [3.63, 3.8) is 0 Å². The molecule has 2 heterocycles. The zero-order chi connectivity index (χ0) is 20.4. The van der Waals surface area contributed by atoms with Crippen molar-refractivity contribution in [3.8, 4) is 17.1 Å². The predicted octanol–water partition coefficient (Wildman–Crippen LogP) is 4.66. The minimum absolute atomic E-state index is 0.119. The second-order valence-electron chi connectivity index (χ2n) is 6.65. The highest BCUT2D eigenvalue weighted by atomic mass is 32.2. The topological polar surface area (TPSA) is 68.2 Å². The molecular weight excluding hydrogens is 384 g/mol. The summed E-state index contributed by atoms with van der Waals surface area (Å²) in [5.74, 6) is 1.10. The first-order chi connectivity index (χ1) is 14.1. The molecular formula is C22H22N4O2S. The fourth-order valence-electron chi connectivity index (χ4n) is 3.38. The first-order valence-electron chi connectivity index (χ1n) is 9.64. The molecule has 0 radical (unpaired) electrons. The van der Waals surface area contributed by atoms with E-state index >= 15 is 0 Å². The van der Waals surface area contributed by atoms with Crippen molar-refractivity contribution in [2.45, 2.75) is 38.6 Å². The number of nitrogens with zero attached hydrogens (tertiary/aromatic N) is 4. The van der Waals surface area contributed by atoms with Crippen LogP contribution in [0.3, 0.4) is 0 Å². The summed E-state index contributed by atoms with van der Waals surface area (Å²) in [6, 6.07) is 15.8. The lowest BCUT2D eigenvalue weighted by Crippen LogP contribution is -2.36. The molecule has 29 heavy (non-hydrogen) atoms. The fourth-order valence-corrected chi connectivity index (χ4v) is 3.88. The summed E-state index contributed by atoms with van der Waals surface area (Å²) in [7, 11) is 0. The first-order valence-corrected chi connectivity index (χ1v) is 10.6. The highest BCUT2D eigenvalue weighted by Gasteiger charge is 2.34. The zero-order valence-electron chi connectivity index (χ0n) is 16.6. The van der Waals surface area contributed by atoms with E-state index in [1.54, 1.807) is 11.8 Å². The number of fused-ring (bicyclic) bond motifs is 3. The van der Waals surface area contributed by atoms with Crippen molar-refractivity contribution in [1.29, 1.82) is 0 Å². The molecule has 0 aliphatic carbocycles. The average Bonchev–Trinajstić information content (AvgIpc) is 2.88. The molecule has 2 aromatic carbocycles. The molecule has 6 nitrogen and oxygen atoms in total. The number of anilines is 1. The summed E-state index contributed by atoms with van der Waals surface area (Å²) in [5.41, 5.74) is 4.15. The van der Waals surface area contributed by atoms with Gasteiger partial charge in [-0.3, -0.25) is 9.69 Å². The van der Waals surface area contributed by atoms with Gasteiger partial charge >= 0.3 is 0 Å². The molecule has 3 aromatic rings. The lowest BCUT2D eigenvalue weighted by molar-refractivity contribution is -0.118. The van der Waals surface area contributed by atoms with E-state index in [9.17, 15) is 4.79 Å². The van der Waals surface area contributed by atoms with Crippen LogP contribution in [0.15, 0.2) is 53.7 Å². The molecule has 1 aliphatic rings. The summed E-state index contributed by atoms with van der Waals surface area (Å²) >= 11 is 1.50. The van der Waals surface area contributed by atoms with Crippen LogP contribution < -0.4 is 9.64 Å². The van der Waals surface area contributed by atoms with Crippen molar-refractivity contribution in [1.82, 2.24) is 15.2 Å². The van der Waals surface area contributed by atoms with Crippen LogP contribution in [-0.2, 0) is 11.2 Å². The summed E-state index contributed by atoms with van der Waals surface area (Å²) in [6.45, 7) is 5.69. The van der Waals surface area contributed by atoms with Crippen LogP contribution in [0.4, 0.5) is 5.69 Å². The maximum atomic E-state index is 12.7. The molecule has 1 amide bonds. The van der Waals surface area contributed by atoms with Gasteiger partial charge in [-0.1, -0.05) is 68.1 Å². The SMILES string of the molecule is CCSc1nnc2c(n1)OC(c1ccc(CC)cc1)N(C(C)=O)c1ccccc1-2. The van der Waals surface area contributed by atoms with E-state index < -0.39 is 6.23 Å². The number of carbonyl (C=O) groups excluding carboxylic acids is 1. The molecule has 4 rings (SSSR count). The number of para-hydroxylation sites is 1. The average molecular weight is 407 g/mol. The molecule has 0 fully saturated rings. The predicted molar refractivity (Wildman–Crippen MR) is 114 cm³/mol. The number of aryl methyl sites for hydroxylation is 1. The Labute approximate surface area is 174 Å². The normalized spacial score (nSPS) is 15.1. The minimum Gasteiger partial charge on any atom is -0.447 e. The van der Waals surface area contributed by atoms with Crippen LogP contribution in [0.2, 0.25) is 0 Å². The second-order valence-corrected chi connectivity index (χ2v) is 7.88. The third-order valence-electron chi connectivity index (χ3n) is 4.80. The van der Waals surface area contributed by atoms with Gasteiger partial charge in [-0.15, -0.1) is 10.2 Å². The highest BCUT2D eigenvalue weighted by molar-refractivity contribution is 7.99. The largest absolute Gasteiger partial charge is 0.447 e. The minimum atomic E-state index is -0.642. The number of benzene rings is 2. The van der Waals surface area contributed by atoms with E-state index in [0.29, 0.717) is 16.7 Å². The Bertz CT molecular complexity index is 1040. The van der Waals surface area contributed by atoms with Crippen LogP contribution in [0, 0.1) is 0 Å². The van der Waals surface area contributed by atoms with Gasteiger partial charge in [0, 0.05) is 18.1 Å². The standard InChI is InChI=1S/C22H22N4O2S/c1-4-15-10-12-16(13-11-15)21-26(14(3)27)18-9-7-6-8-17(18)19-20(28-21)23-22(25-24-19)29-5-2/h6-13,21H,4-5H2,1-3H3. The van der Waals surface area contributed by atoms with E-state index in [0.717, 1.165) is 29.0 Å². The Kier molecular flexibility index (Phi) is 5.49. The molecule has 148 valence electrons. The number of carbonyl (C=O) groups is 1. The van der Waals surface area contributed by atoms with Crippen LogP contribution >= 0.6 is 11.8 Å².